The summed E-state index contributed by atoms with van der Waals surface area (Å²) in [6.45, 7) is -0.0379. The summed E-state index contributed by atoms with van der Waals surface area (Å²) in [7, 11) is 0. The second kappa shape index (κ2) is 6.04. The smallest absolute Gasteiger partial charge is 0.323 e. The Bertz CT molecular complexity index is 207. The minimum Gasteiger partial charge on any atom is -0.480 e. The van der Waals surface area contributed by atoms with Crippen LogP contribution >= 0.6 is 0 Å². The molecule has 0 heterocycles. The number of amides is 2. The predicted octanol–water partition coefficient (Wildman–Crippen LogP) is -0.607. The van der Waals surface area contributed by atoms with Gasteiger partial charge in [0, 0.05) is 13.0 Å². The van der Waals surface area contributed by atoms with Crippen molar-refractivity contribution in [1.82, 2.24) is 10.6 Å². The summed E-state index contributed by atoms with van der Waals surface area (Å²) < 4.78 is 0. The van der Waals surface area contributed by atoms with Gasteiger partial charge in [-0.3, -0.25) is 4.79 Å². The highest BCUT2D eigenvalue weighted by atomic mass is 16.4. The molecule has 0 fully saturated rings. The van der Waals surface area contributed by atoms with Crippen LogP contribution in [0.5, 0.6) is 0 Å². The first-order valence-electron chi connectivity index (χ1n) is 3.33. The number of carbonyl (C=O) groups is 2. The van der Waals surface area contributed by atoms with E-state index in [1.54, 1.807) is 0 Å². The van der Waals surface area contributed by atoms with Gasteiger partial charge in [-0.15, -0.1) is 12.3 Å². The summed E-state index contributed by atoms with van der Waals surface area (Å²) in [6.07, 6.45) is 5.35. The first-order valence-corrected chi connectivity index (χ1v) is 3.33. The molecule has 0 aromatic carbocycles. The monoisotopic (exact) mass is 170 g/mol. The number of carboxylic acids is 1. The maximum Gasteiger partial charge on any atom is 0.323 e. The molecule has 5 nitrogen and oxygen atoms in total. The molecule has 0 unspecified atom stereocenters. The summed E-state index contributed by atoms with van der Waals surface area (Å²) in [5.74, 6) is 1.25. The van der Waals surface area contributed by atoms with Crippen molar-refractivity contribution in [3.8, 4) is 12.3 Å². The molecule has 3 N–H and O–H groups in total. The van der Waals surface area contributed by atoms with Crippen LogP contribution in [0.2, 0.25) is 0 Å². The minimum atomic E-state index is -1.08. The Morgan fingerprint density at radius 3 is 2.58 bits per heavy atom. The van der Waals surface area contributed by atoms with Gasteiger partial charge in [-0.2, -0.15) is 0 Å². The van der Waals surface area contributed by atoms with Crippen molar-refractivity contribution >= 4 is 12.0 Å². The van der Waals surface area contributed by atoms with Gasteiger partial charge >= 0.3 is 12.0 Å². The molecule has 0 aliphatic carbocycles. The molecule has 0 saturated carbocycles. The Labute approximate surface area is 70.1 Å². The number of hydrogen-bond donors (Lipinski definition) is 3. The van der Waals surface area contributed by atoms with Crippen LogP contribution in [-0.2, 0) is 4.79 Å². The summed E-state index contributed by atoms with van der Waals surface area (Å²) in [5, 5.41) is 12.7. The molecular formula is C7H10N2O3. The fraction of sp³-hybridized carbons (Fsp3) is 0.429. The summed E-state index contributed by atoms with van der Waals surface area (Å²) in [5.41, 5.74) is 0. The lowest BCUT2D eigenvalue weighted by Gasteiger charge is -2.02. The van der Waals surface area contributed by atoms with Gasteiger partial charge < -0.3 is 15.7 Å². The highest BCUT2D eigenvalue weighted by Crippen LogP contribution is 1.71. The Hall–Kier alpha value is -1.70. The van der Waals surface area contributed by atoms with Crippen molar-refractivity contribution < 1.29 is 14.7 Å². The maximum absolute atomic E-state index is 10.7. The number of terminal acetylenes is 1. The normalized spacial score (nSPS) is 8.25. The third-order valence-corrected chi connectivity index (χ3v) is 0.955. The van der Waals surface area contributed by atoms with Crippen LogP contribution in [0.3, 0.4) is 0 Å². The van der Waals surface area contributed by atoms with E-state index >= 15 is 0 Å². The van der Waals surface area contributed by atoms with Crippen molar-refractivity contribution in [3.05, 3.63) is 0 Å². The quantitative estimate of drug-likeness (QED) is 0.389. The fourth-order valence-electron chi connectivity index (χ4n) is 0.467. The molecule has 0 atom stereocenters. The molecule has 0 aliphatic rings. The molecular weight excluding hydrogens is 160 g/mol. The van der Waals surface area contributed by atoms with Gasteiger partial charge in [0.15, 0.2) is 0 Å². The third-order valence-electron chi connectivity index (χ3n) is 0.955. The molecule has 0 aromatic heterocycles. The SMILES string of the molecule is C#CCCNC(=O)NCC(=O)O. The summed E-state index contributed by atoms with van der Waals surface area (Å²) in [6, 6.07) is -0.521. The molecule has 0 aromatic rings. The van der Waals surface area contributed by atoms with Gasteiger partial charge in [0.2, 0.25) is 0 Å². The van der Waals surface area contributed by atoms with E-state index in [-0.39, 0.29) is 6.54 Å². The standard InChI is InChI=1S/C7H10N2O3/c1-2-3-4-8-7(12)9-5-6(10)11/h1H,3-5H2,(H,10,11)(H2,8,9,12). The van der Waals surface area contributed by atoms with Gasteiger partial charge in [-0.25, -0.2) is 4.79 Å². The number of rotatable bonds is 4. The molecule has 12 heavy (non-hydrogen) atoms. The second-order valence-corrected chi connectivity index (χ2v) is 1.96. The molecule has 0 aliphatic heterocycles. The largest absolute Gasteiger partial charge is 0.480 e. The molecule has 0 saturated heterocycles. The molecule has 0 rings (SSSR count). The topological polar surface area (TPSA) is 78.4 Å². The maximum atomic E-state index is 10.7. The van der Waals surface area contributed by atoms with E-state index in [2.05, 4.69) is 16.6 Å². The average molecular weight is 170 g/mol. The highest BCUT2D eigenvalue weighted by Gasteiger charge is 2.00. The van der Waals surface area contributed by atoms with Gasteiger partial charge in [-0.1, -0.05) is 0 Å². The molecule has 0 radical (unpaired) electrons. The van der Waals surface area contributed by atoms with E-state index in [0.29, 0.717) is 13.0 Å². The Kier molecular flexibility index (Phi) is 5.18. The van der Waals surface area contributed by atoms with Crippen LogP contribution in [-0.4, -0.2) is 30.2 Å². The van der Waals surface area contributed by atoms with Crippen molar-refractivity contribution in [2.75, 3.05) is 13.1 Å². The number of urea groups is 1. The minimum absolute atomic E-state index is 0.349. The van der Waals surface area contributed by atoms with Gasteiger partial charge in [-0.05, 0) is 0 Å². The van der Waals surface area contributed by atoms with E-state index in [9.17, 15) is 9.59 Å². The van der Waals surface area contributed by atoms with Crippen molar-refractivity contribution in [1.29, 1.82) is 0 Å². The van der Waals surface area contributed by atoms with Crippen molar-refractivity contribution in [2.24, 2.45) is 0 Å². The third kappa shape index (κ3) is 6.42. The van der Waals surface area contributed by atoms with Gasteiger partial charge in [0.05, 0.1) is 0 Å². The number of carboxylic acid groups (broad SMARTS) is 1. The van der Waals surface area contributed by atoms with Crippen LogP contribution < -0.4 is 10.6 Å². The van der Waals surface area contributed by atoms with E-state index < -0.39 is 12.0 Å². The van der Waals surface area contributed by atoms with Crippen LogP contribution in [0.25, 0.3) is 0 Å². The predicted molar refractivity (Wildman–Crippen MR) is 42.5 cm³/mol. The van der Waals surface area contributed by atoms with E-state index in [0.717, 1.165) is 0 Å². The lowest BCUT2D eigenvalue weighted by Crippen LogP contribution is -2.38. The van der Waals surface area contributed by atoms with Crippen LogP contribution in [0.1, 0.15) is 6.42 Å². The van der Waals surface area contributed by atoms with E-state index in [4.69, 9.17) is 11.5 Å². The van der Waals surface area contributed by atoms with E-state index in [1.165, 1.54) is 0 Å². The summed E-state index contributed by atoms with van der Waals surface area (Å²) in [4.78, 5) is 20.6. The fourth-order valence-corrected chi connectivity index (χ4v) is 0.467. The zero-order valence-electron chi connectivity index (χ0n) is 6.46. The lowest BCUT2D eigenvalue weighted by atomic mass is 10.4. The summed E-state index contributed by atoms with van der Waals surface area (Å²) >= 11 is 0. The van der Waals surface area contributed by atoms with Crippen LogP contribution in [0.15, 0.2) is 0 Å². The van der Waals surface area contributed by atoms with Crippen molar-refractivity contribution in [2.45, 2.75) is 6.42 Å². The number of hydrogen-bond acceptors (Lipinski definition) is 2. The zero-order chi connectivity index (χ0) is 9.40. The van der Waals surface area contributed by atoms with Gasteiger partial charge in [0.25, 0.3) is 0 Å². The second-order valence-electron chi connectivity index (χ2n) is 1.96. The van der Waals surface area contributed by atoms with E-state index in [1.807, 2.05) is 0 Å². The molecule has 0 bridgehead atoms. The molecule has 0 spiro atoms. The lowest BCUT2D eigenvalue weighted by molar-refractivity contribution is -0.135. The van der Waals surface area contributed by atoms with Gasteiger partial charge in [0.1, 0.15) is 6.54 Å². The molecule has 66 valence electrons. The Morgan fingerprint density at radius 2 is 2.08 bits per heavy atom. The Morgan fingerprint density at radius 1 is 1.42 bits per heavy atom. The Balaban J connectivity index is 3.35. The average Bonchev–Trinajstić information content (AvgIpc) is 2.01. The number of nitrogens with one attached hydrogen (secondary N) is 2. The molecule has 5 heteroatoms. The van der Waals surface area contributed by atoms with Crippen LogP contribution in [0.4, 0.5) is 4.79 Å². The van der Waals surface area contributed by atoms with Crippen LogP contribution in [0, 0.1) is 12.3 Å². The first-order chi connectivity index (χ1) is 5.66. The first kappa shape index (κ1) is 10.3. The highest BCUT2D eigenvalue weighted by molar-refractivity contribution is 5.79. The van der Waals surface area contributed by atoms with Crippen molar-refractivity contribution in [3.63, 3.8) is 0 Å². The zero-order valence-corrected chi connectivity index (χ0v) is 6.46. The number of carbonyl (C=O) groups excluding carboxylic acids is 1. The number of aliphatic carboxylic acids is 1. The molecule has 2 amide bonds.